The maximum atomic E-state index is 14.3. The maximum absolute atomic E-state index is 14.3. The predicted octanol–water partition coefficient (Wildman–Crippen LogP) is 1.95. The van der Waals surface area contributed by atoms with Crippen LogP contribution in [-0.4, -0.2) is 39.1 Å². The fraction of sp³-hybridized carbons (Fsp3) is 0.600. The number of halogens is 1. The summed E-state index contributed by atoms with van der Waals surface area (Å²) in [4.78, 5) is 1.83. The van der Waals surface area contributed by atoms with Gasteiger partial charge in [-0.15, -0.1) is 0 Å². The van der Waals surface area contributed by atoms with E-state index in [1.807, 2.05) is 24.8 Å². The highest BCUT2D eigenvalue weighted by atomic mass is 32.2. The molecule has 1 heterocycles. The van der Waals surface area contributed by atoms with Crippen LogP contribution in [0.3, 0.4) is 0 Å². The lowest BCUT2D eigenvalue weighted by Gasteiger charge is -2.23. The van der Waals surface area contributed by atoms with Crippen LogP contribution in [0.1, 0.15) is 25.8 Å². The van der Waals surface area contributed by atoms with Crippen molar-refractivity contribution in [2.45, 2.75) is 32.9 Å². The third-order valence-corrected chi connectivity index (χ3v) is 5.34. The Kier molecular flexibility index (Phi) is 5.22. The maximum Gasteiger partial charge on any atom is 0.152 e. The second kappa shape index (κ2) is 6.75. The summed E-state index contributed by atoms with van der Waals surface area (Å²) in [5.41, 5.74) is 1.40. The summed E-state index contributed by atoms with van der Waals surface area (Å²) >= 11 is 0. The first kappa shape index (κ1) is 16.2. The molecule has 0 atom stereocenters. The molecule has 21 heavy (non-hydrogen) atoms. The smallest absolute Gasteiger partial charge is 0.152 e. The van der Waals surface area contributed by atoms with Crippen molar-refractivity contribution in [1.29, 1.82) is 0 Å². The van der Waals surface area contributed by atoms with E-state index in [1.165, 1.54) is 6.07 Å². The second-order valence-corrected chi connectivity index (χ2v) is 8.12. The third kappa shape index (κ3) is 4.68. The van der Waals surface area contributed by atoms with Crippen molar-refractivity contribution in [2.75, 3.05) is 29.5 Å². The summed E-state index contributed by atoms with van der Waals surface area (Å²) in [7, 11) is -2.97. The van der Waals surface area contributed by atoms with Crippen molar-refractivity contribution >= 4 is 15.5 Å². The van der Waals surface area contributed by atoms with E-state index >= 15 is 0 Å². The minimum Gasteiger partial charge on any atom is -0.368 e. The summed E-state index contributed by atoms with van der Waals surface area (Å²) in [6, 6.07) is 5.53. The van der Waals surface area contributed by atoms with Crippen LogP contribution in [0.2, 0.25) is 0 Å². The molecule has 0 unspecified atom stereocenters. The van der Waals surface area contributed by atoms with Gasteiger partial charge < -0.3 is 10.2 Å². The molecule has 1 saturated heterocycles. The Labute approximate surface area is 126 Å². The average molecular weight is 314 g/mol. The molecule has 1 aliphatic heterocycles. The highest BCUT2D eigenvalue weighted by molar-refractivity contribution is 7.91. The van der Waals surface area contributed by atoms with Crippen molar-refractivity contribution in [3.63, 3.8) is 0 Å². The Hall–Kier alpha value is -1.14. The van der Waals surface area contributed by atoms with Gasteiger partial charge in [0.25, 0.3) is 0 Å². The van der Waals surface area contributed by atoms with Gasteiger partial charge in [-0.3, -0.25) is 0 Å². The highest BCUT2D eigenvalue weighted by Gasteiger charge is 2.21. The monoisotopic (exact) mass is 314 g/mol. The van der Waals surface area contributed by atoms with Gasteiger partial charge in [-0.2, -0.15) is 0 Å². The Balaban J connectivity index is 2.09. The Morgan fingerprint density at radius 3 is 2.71 bits per heavy atom. The lowest BCUT2D eigenvalue weighted by Crippen LogP contribution is -2.27. The number of hydrogen-bond donors (Lipinski definition) is 1. The van der Waals surface area contributed by atoms with E-state index in [0.717, 1.165) is 5.56 Å². The standard InChI is InChI=1S/C15H23FN2O2S/c1-12(2)17-11-13-4-5-15(14(16)10-13)18-6-3-8-21(19,20)9-7-18/h4-5,10,12,17H,3,6-9,11H2,1-2H3. The first-order chi connectivity index (χ1) is 9.87. The van der Waals surface area contributed by atoms with Gasteiger partial charge in [0.1, 0.15) is 5.82 Å². The first-order valence-corrected chi connectivity index (χ1v) is 9.17. The SMILES string of the molecule is CC(C)NCc1ccc(N2CCCS(=O)(=O)CC2)c(F)c1. The highest BCUT2D eigenvalue weighted by Crippen LogP contribution is 2.22. The van der Waals surface area contributed by atoms with Crippen LogP contribution in [0, 0.1) is 5.82 Å². The zero-order valence-corrected chi connectivity index (χ0v) is 13.4. The molecular weight excluding hydrogens is 291 g/mol. The molecule has 0 bridgehead atoms. The summed E-state index contributed by atoms with van der Waals surface area (Å²) in [5.74, 6) is 0.0160. The van der Waals surface area contributed by atoms with Gasteiger partial charge in [0.05, 0.1) is 17.2 Å². The van der Waals surface area contributed by atoms with E-state index in [-0.39, 0.29) is 17.3 Å². The molecule has 4 nitrogen and oxygen atoms in total. The summed E-state index contributed by atoms with van der Waals surface area (Å²) < 4.78 is 37.5. The molecule has 1 aromatic carbocycles. The molecule has 0 spiro atoms. The molecule has 1 aromatic rings. The fourth-order valence-electron chi connectivity index (χ4n) is 2.42. The lowest BCUT2D eigenvalue weighted by molar-refractivity contribution is 0.580. The minimum absolute atomic E-state index is 0.100. The predicted molar refractivity (Wildman–Crippen MR) is 83.9 cm³/mol. The molecule has 0 radical (unpaired) electrons. The van der Waals surface area contributed by atoms with Gasteiger partial charge in [-0.05, 0) is 24.1 Å². The first-order valence-electron chi connectivity index (χ1n) is 7.34. The topological polar surface area (TPSA) is 49.4 Å². The van der Waals surface area contributed by atoms with Crippen molar-refractivity contribution in [2.24, 2.45) is 0 Å². The number of rotatable bonds is 4. The number of benzene rings is 1. The van der Waals surface area contributed by atoms with Crippen molar-refractivity contribution < 1.29 is 12.8 Å². The Bertz CT molecular complexity index is 587. The van der Waals surface area contributed by atoms with Crippen LogP contribution in [-0.2, 0) is 16.4 Å². The third-order valence-electron chi connectivity index (χ3n) is 3.62. The number of anilines is 1. The van der Waals surface area contributed by atoms with Crippen LogP contribution in [0.5, 0.6) is 0 Å². The number of nitrogens with zero attached hydrogens (tertiary/aromatic N) is 1. The molecule has 6 heteroatoms. The van der Waals surface area contributed by atoms with Gasteiger partial charge in [0, 0.05) is 25.7 Å². The normalized spacial score (nSPS) is 18.8. The number of hydrogen-bond acceptors (Lipinski definition) is 4. The molecule has 1 N–H and O–H groups in total. The van der Waals surface area contributed by atoms with Crippen LogP contribution in [0.4, 0.5) is 10.1 Å². The molecule has 1 fully saturated rings. The van der Waals surface area contributed by atoms with Crippen molar-refractivity contribution in [3.05, 3.63) is 29.6 Å². The summed E-state index contributed by atoms with van der Waals surface area (Å²) in [6.45, 7) is 5.66. The fourth-order valence-corrected chi connectivity index (χ4v) is 3.69. The van der Waals surface area contributed by atoms with Gasteiger partial charge in [0.15, 0.2) is 9.84 Å². The summed E-state index contributed by atoms with van der Waals surface area (Å²) in [6.07, 6.45) is 0.554. The Morgan fingerprint density at radius 2 is 2.05 bits per heavy atom. The Morgan fingerprint density at radius 1 is 1.29 bits per heavy atom. The van der Waals surface area contributed by atoms with Gasteiger partial charge in [0.2, 0.25) is 0 Å². The molecule has 1 aliphatic rings. The molecule has 0 saturated carbocycles. The quantitative estimate of drug-likeness (QED) is 0.923. The van der Waals surface area contributed by atoms with Gasteiger partial charge in [-0.1, -0.05) is 19.9 Å². The van der Waals surface area contributed by atoms with E-state index in [1.54, 1.807) is 6.07 Å². The zero-order valence-electron chi connectivity index (χ0n) is 12.6. The van der Waals surface area contributed by atoms with Gasteiger partial charge >= 0.3 is 0 Å². The summed E-state index contributed by atoms with van der Waals surface area (Å²) in [5, 5.41) is 3.25. The van der Waals surface area contributed by atoms with Crippen LogP contribution in [0.15, 0.2) is 18.2 Å². The minimum atomic E-state index is -2.97. The van der Waals surface area contributed by atoms with Crippen LogP contribution in [0.25, 0.3) is 0 Å². The van der Waals surface area contributed by atoms with E-state index < -0.39 is 9.84 Å². The van der Waals surface area contributed by atoms with Gasteiger partial charge in [-0.25, -0.2) is 12.8 Å². The van der Waals surface area contributed by atoms with Crippen LogP contribution >= 0.6 is 0 Å². The average Bonchev–Trinajstić information content (AvgIpc) is 2.58. The van der Waals surface area contributed by atoms with Crippen LogP contribution < -0.4 is 10.2 Å². The largest absolute Gasteiger partial charge is 0.368 e. The molecular formula is C15H23FN2O2S. The second-order valence-electron chi connectivity index (χ2n) is 5.81. The molecule has 118 valence electrons. The molecule has 0 amide bonds. The number of nitrogens with one attached hydrogen (secondary N) is 1. The molecule has 0 aliphatic carbocycles. The number of sulfone groups is 1. The van der Waals surface area contributed by atoms with E-state index in [9.17, 15) is 12.8 Å². The van der Waals surface area contributed by atoms with Crippen molar-refractivity contribution in [3.8, 4) is 0 Å². The molecule has 0 aromatic heterocycles. The lowest BCUT2D eigenvalue weighted by atomic mass is 10.1. The van der Waals surface area contributed by atoms with Crippen molar-refractivity contribution in [1.82, 2.24) is 5.32 Å². The zero-order chi connectivity index (χ0) is 15.5. The van der Waals surface area contributed by atoms with E-state index in [2.05, 4.69) is 5.32 Å². The van der Waals surface area contributed by atoms with E-state index in [4.69, 9.17) is 0 Å². The molecule has 2 rings (SSSR count). The van der Waals surface area contributed by atoms with E-state index in [0.29, 0.717) is 37.8 Å².